The van der Waals surface area contributed by atoms with Gasteiger partial charge in [0, 0.05) is 18.1 Å². The minimum atomic E-state index is -3.44. The van der Waals surface area contributed by atoms with Crippen LogP contribution in [0.15, 0.2) is 29.2 Å². The molecule has 0 aliphatic heterocycles. The maximum atomic E-state index is 12.6. The highest BCUT2D eigenvalue weighted by atomic mass is 32.2. The first-order chi connectivity index (χ1) is 9.81. The van der Waals surface area contributed by atoms with Crippen molar-refractivity contribution in [2.45, 2.75) is 69.5 Å². The van der Waals surface area contributed by atoms with Crippen molar-refractivity contribution in [2.24, 2.45) is 0 Å². The van der Waals surface area contributed by atoms with Gasteiger partial charge < -0.3 is 5.32 Å². The molecule has 1 saturated carbocycles. The van der Waals surface area contributed by atoms with Crippen LogP contribution in [0.2, 0.25) is 0 Å². The molecule has 2 rings (SSSR count). The Balaban J connectivity index is 2.14. The largest absolute Gasteiger partial charge is 0.310 e. The Morgan fingerprint density at radius 1 is 1.24 bits per heavy atom. The lowest BCUT2D eigenvalue weighted by molar-refractivity contribution is 0.427. The van der Waals surface area contributed by atoms with Crippen LogP contribution in [-0.4, -0.2) is 20.0 Å². The van der Waals surface area contributed by atoms with Crippen LogP contribution in [0, 0.1) is 0 Å². The van der Waals surface area contributed by atoms with Crippen molar-refractivity contribution < 1.29 is 8.42 Å². The minimum absolute atomic E-state index is 0.287. The van der Waals surface area contributed by atoms with Crippen LogP contribution in [0.5, 0.6) is 0 Å². The van der Waals surface area contributed by atoms with Crippen molar-refractivity contribution in [3.8, 4) is 0 Å². The van der Waals surface area contributed by atoms with E-state index in [0.717, 1.165) is 31.2 Å². The molecule has 0 aromatic heterocycles. The van der Waals surface area contributed by atoms with Gasteiger partial charge in [-0.05, 0) is 37.5 Å². The molecule has 0 unspecified atom stereocenters. The van der Waals surface area contributed by atoms with Gasteiger partial charge in [0.05, 0.1) is 4.90 Å². The van der Waals surface area contributed by atoms with E-state index in [0.29, 0.717) is 17.5 Å². The van der Waals surface area contributed by atoms with E-state index in [1.54, 1.807) is 12.1 Å². The van der Waals surface area contributed by atoms with Crippen LogP contribution in [0.25, 0.3) is 0 Å². The van der Waals surface area contributed by atoms with Crippen molar-refractivity contribution in [3.63, 3.8) is 0 Å². The third-order valence-electron chi connectivity index (χ3n) is 4.01. The smallest absolute Gasteiger partial charge is 0.241 e. The van der Waals surface area contributed by atoms with Gasteiger partial charge in [0.15, 0.2) is 0 Å². The summed E-state index contributed by atoms with van der Waals surface area (Å²) >= 11 is 0. The van der Waals surface area contributed by atoms with E-state index in [4.69, 9.17) is 0 Å². The fourth-order valence-electron chi connectivity index (χ4n) is 2.79. The summed E-state index contributed by atoms with van der Waals surface area (Å²) in [5.41, 5.74) is 0.702. The molecule has 118 valence electrons. The lowest BCUT2D eigenvalue weighted by atomic mass is 10.0. The molecular formula is C16H26N2O2S. The van der Waals surface area contributed by atoms with Crippen molar-refractivity contribution in [1.82, 2.24) is 10.0 Å². The SMILES string of the molecule is CC(C)NCc1cccc(S(=O)(=O)NC2(C)CCCC2)c1. The Bertz CT molecular complexity index is 576. The van der Waals surface area contributed by atoms with E-state index in [1.807, 2.05) is 19.1 Å². The van der Waals surface area contributed by atoms with Gasteiger partial charge in [0.2, 0.25) is 10.0 Å². The summed E-state index contributed by atoms with van der Waals surface area (Å²) < 4.78 is 28.0. The molecule has 0 amide bonds. The van der Waals surface area contributed by atoms with Gasteiger partial charge >= 0.3 is 0 Å². The second-order valence-corrected chi connectivity index (χ2v) is 8.24. The van der Waals surface area contributed by atoms with E-state index in [9.17, 15) is 8.42 Å². The normalized spacial score (nSPS) is 18.3. The van der Waals surface area contributed by atoms with Crippen molar-refractivity contribution >= 4 is 10.0 Å². The zero-order valence-corrected chi connectivity index (χ0v) is 14.0. The van der Waals surface area contributed by atoms with E-state index in [2.05, 4.69) is 23.9 Å². The number of hydrogen-bond acceptors (Lipinski definition) is 3. The number of benzene rings is 1. The third-order valence-corrected chi connectivity index (χ3v) is 5.65. The van der Waals surface area contributed by atoms with Crippen molar-refractivity contribution in [2.75, 3.05) is 0 Å². The first-order valence-corrected chi connectivity index (χ1v) is 9.15. The van der Waals surface area contributed by atoms with Gasteiger partial charge in [-0.2, -0.15) is 0 Å². The molecular weight excluding hydrogens is 284 g/mol. The Labute approximate surface area is 128 Å². The summed E-state index contributed by atoms with van der Waals surface area (Å²) in [5.74, 6) is 0. The number of nitrogens with one attached hydrogen (secondary N) is 2. The quantitative estimate of drug-likeness (QED) is 0.849. The lowest BCUT2D eigenvalue weighted by Gasteiger charge is -2.25. The first kappa shape index (κ1) is 16.5. The molecule has 0 saturated heterocycles. The van der Waals surface area contributed by atoms with Crippen LogP contribution in [0.1, 0.15) is 52.0 Å². The predicted octanol–water partition coefficient (Wildman–Crippen LogP) is 2.80. The molecule has 0 radical (unpaired) electrons. The maximum absolute atomic E-state index is 12.6. The third kappa shape index (κ3) is 4.53. The average molecular weight is 310 g/mol. The van der Waals surface area contributed by atoms with Gasteiger partial charge in [0.25, 0.3) is 0 Å². The molecule has 1 fully saturated rings. The fourth-order valence-corrected chi connectivity index (χ4v) is 4.32. The molecule has 0 bridgehead atoms. The molecule has 0 spiro atoms. The Morgan fingerprint density at radius 3 is 2.52 bits per heavy atom. The van der Waals surface area contributed by atoms with Gasteiger partial charge in [0.1, 0.15) is 0 Å². The van der Waals surface area contributed by atoms with Gasteiger partial charge in [-0.25, -0.2) is 13.1 Å². The highest BCUT2D eigenvalue weighted by Gasteiger charge is 2.33. The average Bonchev–Trinajstić information content (AvgIpc) is 2.82. The van der Waals surface area contributed by atoms with E-state index in [-0.39, 0.29) is 5.54 Å². The van der Waals surface area contributed by atoms with Crippen LogP contribution in [-0.2, 0) is 16.6 Å². The molecule has 2 N–H and O–H groups in total. The Morgan fingerprint density at radius 2 is 1.90 bits per heavy atom. The van der Waals surface area contributed by atoms with E-state index < -0.39 is 10.0 Å². The predicted molar refractivity (Wildman–Crippen MR) is 85.6 cm³/mol. The van der Waals surface area contributed by atoms with Gasteiger partial charge in [-0.3, -0.25) is 0 Å². The zero-order valence-electron chi connectivity index (χ0n) is 13.1. The molecule has 4 nitrogen and oxygen atoms in total. The zero-order chi connectivity index (χ0) is 15.5. The number of hydrogen-bond donors (Lipinski definition) is 2. The van der Waals surface area contributed by atoms with Gasteiger partial charge in [-0.15, -0.1) is 0 Å². The second-order valence-electron chi connectivity index (χ2n) is 6.56. The van der Waals surface area contributed by atoms with Crippen molar-refractivity contribution in [1.29, 1.82) is 0 Å². The van der Waals surface area contributed by atoms with Gasteiger partial charge in [-0.1, -0.05) is 38.8 Å². The molecule has 1 aromatic rings. The Hall–Kier alpha value is -0.910. The molecule has 0 atom stereocenters. The van der Waals surface area contributed by atoms with Crippen LogP contribution < -0.4 is 10.0 Å². The van der Waals surface area contributed by atoms with Crippen LogP contribution >= 0.6 is 0 Å². The standard InChI is InChI=1S/C16H26N2O2S/c1-13(2)17-12-14-7-6-8-15(11-14)21(19,20)18-16(3)9-4-5-10-16/h6-8,11,13,17-18H,4-5,9-10,12H2,1-3H3. The summed E-state index contributed by atoms with van der Waals surface area (Å²) in [6.07, 6.45) is 4.02. The summed E-state index contributed by atoms with van der Waals surface area (Å²) in [6, 6.07) is 7.56. The first-order valence-electron chi connectivity index (χ1n) is 7.67. The van der Waals surface area contributed by atoms with Crippen LogP contribution in [0.4, 0.5) is 0 Å². The summed E-state index contributed by atoms with van der Waals surface area (Å²) in [6.45, 7) is 6.83. The van der Waals surface area contributed by atoms with E-state index >= 15 is 0 Å². The highest BCUT2D eigenvalue weighted by molar-refractivity contribution is 7.89. The minimum Gasteiger partial charge on any atom is -0.310 e. The summed E-state index contributed by atoms with van der Waals surface area (Å²) in [5, 5.41) is 3.31. The Kier molecular flexibility index (Phi) is 5.07. The summed E-state index contributed by atoms with van der Waals surface area (Å²) in [4.78, 5) is 0.360. The number of rotatable bonds is 6. The highest BCUT2D eigenvalue weighted by Crippen LogP contribution is 2.30. The monoisotopic (exact) mass is 310 g/mol. The topological polar surface area (TPSA) is 58.2 Å². The second kappa shape index (κ2) is 6.46. The summed E-state index contributed by atoms with van der Waals surface area (Å²) in [7, 11) is -3.44. The number of sulfonamides is 1. The molecule has 1 aliphatic rings. The fraction of sp³-hybridized carbons (Fsp3) is 0.625. The lowest BCUT2D eigenvalue weighted by Crippen LogP contribution is -2.43. The molecule has 5 heteroatoms. The van der Waals surface area contributed by atoms with E-state index in [1.165, 1.54) is 0 Å². The molecule has 0 heterocycles. The van der Waals surface area contributed by atoms with Crippen LogP contribution in [0.3, 0.4) is 0 Å². The molecule has 1 aliphatic carbocycles. The molecule has 21 heavy (non-hydrogen) atoms. The van der Waals surface area contributed by atoms with Crippen molar-refractivity contribution in [3.05, 3.63) is 29.8 Å². The molecule has 1 aromatic carbocycles. The maximum Gasteiger partial charge on any atom is 0.241 e.